The van der Waals surface area contributed by atoms with Crippen LogP contribution in [0.25, 0.3) is 21.8 Å². The summed E-state index contributed by atoms with van der Waals surface area (Å²) < 4.78 is 1.87. The number of carboxylic acid groups (broad SMARTS) is 1. The van der Waals surface area contributed by atoms with E-state index in [1.54, 1.807) is 18.3 Å². The standard InChI is InChI=1S/C21H21N5O4/c22-19(28)15-9-24-8-14-13-2-1-12(20(29)30)7-16(13)26(18(14)15)25-6-3-17(27)21(11-25)4-5-23-10-21/h1-2,7-9,23H,3-6,10-11H2,(H2,22,28)(H,29,30). The number of nitrogens with one attached hydrogen (secondary N) is 1. The Kier molecular flexibility index (Phi) is 4.04. The minimum atomic E-state index is -1.03. The van der Waals surface area contributed by atoms with E-state index in [-0.39, 0.29) is 16.9 Å². The lowest BCUT2D eigenvalue weighted by atomic mass is 9.78. The molecule has 0 saturated carbocycles. The number of pyridine rings is 1. The molecule has 1 atom stereocenters. The highest BCUT2D eigenvalue weighted by atomic mass is 16.4. The first-order valence-corrected chi connectivity index (χ1v) is 9.86. The summed E-state index contributed by atoms with van der Waals surface area (Å²) in [6.07, 6.45) is 4.23. The molecule has 3 aromatic rings. The second-order valence-electron chi connectivity index (χ2n) is 8.06. The summed E-state index contributed by atoms with van der Waals surface area (Å²) in [7, 11) is 0. The van der Waals surface area contributed by atoms with Gasteiger partial charge in [-0.05, 0) is 25.1 Å². The van der Waals surface area contributed by atoms with Gasteiger partial charge in [-0.1, -0.05) is 6.07 Å². The largest absolute Gasteiger partial charge is 0.478 e. The van der Waals surface area contributed by atoms with Gasteiger partial charge in [-0.2, -0.15) is 0 Å². The van der Waals surface area contributed by atoms with Crippen molar-refractivity contribution in [3.05, 3.63) is 41.7 Å². The third-order valence-corrected chi connectivity index (χ3v) is 6.36. The summed E-state index contributed by atoms with van der Waals surface area (Å²) in [5.41, 5.74) is 6.81. The van der Waals surface area contributed by atoms with Crippen molar-refractivity contribution in [1.82, 2.24) is 15.0 Å². The number of nitrogens with two attached hydrogens (primary N) is 1. The van der Waals surface area contributed by atoms with E-state index in [0.29, 0.717) is 42.5 Å². The highest BCUT2D eigenvalue weighted by Crippen LogP contribution is 2.36. The minimum absolute atomic E-state index is 0.144. The third kappa shape index (κ3) is 2.58. The number of amides is 1. The molecule has 5 rings (SSSR count). The molecule has 1 spiro atoms. The van der Waals surface area contributed by atoms with Crippen LogP contribution in [0, 0.1) is 5.41 Å². The summed E-state index contributed by atoms with van der Waals surface area (Å²) in [4.78, 5) is 40.7. The third-order valence-electron chi connectivity index (χ3n) is 6.36. The average molecular weight is 407 g/mol. The quantitative estimate of drug-likeness (QED) is 0.587. The van der Waals surface area contributed by atoms with E-state index in [2.05, 4.69) is 10.3 Å². The Labute approximate surface area is 171 Å². The zero-order valence-corrected chi connectivity index (χ0v) is 16.2. The van der Waals surface area contributed by atoms with Crippen molar-refractivity contribution >= 4 is 39.5 Å². The van der Waals surface area contributed by atoms with Gasteiger partial charge in [-0.25, -0.2) is 4.79 Å². The zero-order chi connectivity index (χ0) is 21.0. The molecule has 4 N–H and O–H groups in total. The average Bonchev–Trinajstić information content (AvgIpc) is 3.32. The molecule has 2 saturated heterocycles. The molecule has 2 fully saturated rings. The number of nitrogens with zero attached hydrogens (tertiary/aromatic N) is 3. The van der Waals surface area contributed by atoms with Gasteiger partial charge in [-0.3, -0.25) is 19.2 Å². The Morgan fingerprint density at radius 1 is 1.23 bits per heavy atom. The highest BCUT2D eigenvalue weighted by molar-refractivity contribution is 6.15. The molecule has 2 aromatic heterocycles. The lowest BCUT2D eigenvalue weighted by molar-refractivity contribution is -0.128. The van der Waals surface area contributed by atoms with Crippen molar-refractivity contribution in [3.63, 3.8) is 0 Å². The van der Waals surface area contributed by atoms with Gasteiger partial charge in [0.1, 0.15) is 5.78 Å². The summed E-state index contributed by atoms with van der Waals surface area (Å²) in [5.74, 6) is -1.40. The van der Waals surface area contributed by atoms with Gasteiger partial charge < -0.3 is 21.2 Å². The second-order valence-corrected chi connectivity index (χ2v) is 8.06. The number of aromatic carboxylic acids is 1. The van der Waals surface area contributed by atoms with Crippen LogP contribution in [-0.4, -0.2) is 58.6 Å². The summed E-state index contributed by atoms with van der Waals surface area (Å²) >= 11 is 0. The number of aromatic nitrogens is 2. The molecule has 1 unspecified atom stereocenters. The van der Waals surface area contributed by atoms with Crippen LogP contribution in [-0.2, 0) is 4.79 Å². The van der Waals surface area contributed by atoms with Crippen LogP contribution in [0.4, 0.5) is 0 Å². The fourth-order valence-corrected chi connectivity index (χ4v) is 4.84. The van der Waals surface area contributed by atoms with Gasteiger partial charge in [0.15, 0.2) is 0 Å². The topological polar surface area (TPSA) is 131 Å². The molecule has 4 heterocycles. The van der Waals surface area contributed by atoms with Gasteiger partial charge >= 0.3 is 5.97 Å². The molecule has 9 nitrogen and oxygen atoms in total. The number of piperidine rings is 1. The number of hydrogen-bond acceptors (Lipinski definition) is 6. The van der Waals surface area contributed by atoms with E-state index < -0.39 is 17.3 Å². The van der Waals surface area contributed by atoms with E-state index in [0.717, 1.165) is 18.4 Å². The maximum absolute atomic E-state index is 12.7. The van der Waals surface area contributed by atoms with Gasteiger partial charge in [0.2, 0.25) is 0 Å². The maximum atomic E-state index is 12.7. The van der Waals surface area contributed by atoms with Gasteiger partial charge in [0.25, 0.3) is 5.91 Å². The smallest absolute Gasteiger partial charge is 0.335 e. The van der Waals surface area contributed by atoms with Crippen LogP contribution in [0.1, 0.15) is 33.6 Å². The molecular weight excluding hydrogens is 386 g/mol. The van der Waals surface area contributed by atoms with Gasteiger partial charge in [0.05, 0.1) is 27.6 Å². The first kappa shape index (κ1) is 18.6. The molecule has 1 amide bonds. The zero-order valence-electron chi connectivity index (χ0n) is 16.2. The SMILES string of the molecule is NC(=O)c1cncc2c3ccc(C(=O)O)cc3n(N3CCC(=O)C4(CCNC4)C3)c12. The van der Waals surface area contributed by atoms with Crippen LogP contribution < -0.4 is 16.1 Å². The Morgan fingerprint density at radius 3 is 2.77 bits per heavy atom. The lowest BCUT2D eigenvalue weighted by Crippen LogP contribution is -2.54. The highest BCUT2D eigenvalue weighted by Gasteiger charge is 2.45. The van der Waals surface area contributed by atoms with Gasteiger partial charge in [0, 0.05) is 49.2 Å². The van der Waals surface area contributed by atoms with E-state index in [4.69, 9.17) is 5.73 Å². The molecule has 2 aliphatic rings. The monoisotopic (exact) mass is 407 g/mol. The number of rotatable bonds is 3. The Bertz CT molecular complexity index is 1230. The van der Waals surface area contributed by atoms with E-state index in [1.807, 2.05) is 9.69 Å². The fraction of sp³-hybridized carbons (Fsp3) is 0.333. The van der Waals surface area contributed by atoms with E-state index in [9.17, 15) is 19.5 Å². The molecule has 30 heavy (non-hydrogen) atoms. The normalized spacial score (nSPS) is 21.7. The fourth-order valence-electron chi connectivity index (χ4n) is 4.84. The van der Waals surface area contributed by atoms with Gasteiger partial charge in [-0.15, -0.1) is 0 Å². The predicted molar refractivity (Wildman–Crippen MR) is 110 cm³/mol. The van der Waals surface area contributed by atoms with Crippen LogP contribution in [0.3, 0.4) is 0 Å². The molecule has 0 radical (unpaired) electrons. The number of benzene rings is 1. The van der Waals surface area contributed by atoms with Crippen LogP contribution >= 0.6 is 0 Å². The Morgan fingerprint density at radius 2 is 2.07 bits per heavy atom. The van der Waals surface area contributed by atoms with Crippen molar-refractivity contribution in [2.45, 2.75) is 12.8 Å². The number of primary amides is 1. The number of hydrogen-bond donors (Lipinski definition) is 3. The molecule has 0 bridgehead atoms. The van der Waals surface area contributed by atoms with Crippen molar-refractivity contribution in [2.75, 3.05) is 31.2 Å². The van der Waals surface area contributed by atoms with E-state index >= 15 is 0 Å². The molecule has 1 aromatic carbocycles. The van der Waals surface area contributed by atoms with Crippen molar-refractivity contribution in [2.24, 2.45) is 11.1 Å². The minimum Gasteiger partial charge on any atom is -0.478 e. The number of carbonyl (C=O) groups excluding carboxylic acids is 2. The molecule has 154 valence electrons. The molecule has 9 heteroatoms. The number of carboxylic acids is 1. The summed E-state index contributed by atoms with van der Waals surface area (Å²) in [6, 6.07) is 4.86. The van der Waals surface area contributed by atoms with Crippen LogP contribution in [0.2, 0.25) is 0 Å². The first-order valence-electron chi connectivity index (χ1n) is 9.86. The summed E-state index contributed by atoms with van der Waals surface area (Å²) in [5, 5.41) is 16.3. The van der Waals surface area contributed by atoms with E-state index in [1.165, 1.54) is 12.3 Å². The van der Waals surface area contributed by atoms with Crippen LogP contribution in [0.5, 0.6) is 0 Å². The van der Waals surface area contributed by atoms with Crippen LogP contribution in [0.15, 0.2) is 30.6 Å². The lowest BCUT2D eigenvalue weighted by Gasteiger charge is -2.41. The first-order chi connectivity index (χ1) is 14.4. The Balaban J connectivity index is 1.80. The Hall–Kier alpha value is -3.46. The number of Topliss-reactive ketones (excluding diaryl/α,β-unsaturated/α-hetero) is 1. The number of carbonyl (C=O) groups is 3. The summed E-state index contributed by atoms with van der Waals surface area (Å²) in [6.45, 7) is 2.35. The predicted octanol–water partition coefficient (Wildman–Crippen LogP) is 0.877. The van der Waals surface area contributed by atoms with Crippen molar-refractivity contribution < 1.29 is 19.5 Å². The second kappa shape index (κ2) is 6.53. The number of ketones is 1. The maximum Gasteiger partial charge on any atom is 0.335 e. The molecular formula is C21H21N5O4. The molecule has 2 aliphatic heterocycles. The van der Waals surface area contributed by atoms with Crippen molar-refractivity contribution in [1.29, 1.82) is 0 Å². The number of fused-ring (bicyclic) bond motifs is 3. The van der Waals surface area contributed by atoms with Crippen molar-refractivity contribution in [3.8, 4) is 0 Å². The molecule has 0 aliphatic carbocycles.